The van der Waals surface area contributed by atoms with Crippen molar-refractivity contribution in [3.63, 3.8) is 0 Å². The second-order valence-corrected chi connectivity index (χ2v) is 11.2. The van der Waals surface area contributed by atoms with Gasteiger partial charge >= 0.3 is 0 Å². The van der Waals surface area contributed by atoms with E-state index in [9.17, 15) is 5.26 Å². The lowest BCUT2D eigenvalue weighted by molar-refractivity contribution is 0.173. The van der Waals surface area contributed by atoms with Gasteiger partial charge in [-0.3, -0.25) is 0 Å². The summed E-state index contributed by atoms with van der Waals surface area (Å²) in [5, 5.41) is 10.6. The highest BCUT2D eigenvalue weighted by Crippen LogP contribution is 2.31. The lowest BCUT2D eigenvalue weighted by atomic mass is 9.94. The molecule has 0 aliphatic carbocycles. The van der Waals surface area contributed by atoms with Crippen molar-refractivity contribution >= 4 is 26.0 Å². The topological polar surface area (TPSA) is 33.0 Å². The van der Waals surface area contributed by atoms with Gasteiger partial charge in [0.05, 0.1) is 0 Å². The molecule has 0 aliphatic rings. The van der Waals surface area contributed by atoms with E-state index in [0.717, 1.165) is 11.1 Å². The average molecular weight is 342 g/mol. The molecule has 23 heavy (non-hydrogen) atoms. The van der Waals surface area contributed by atoms with E-state index in [4.69, 9.17) is 16.0 Å². The Kier molecular flexibility index (Phi) is 5.43. The zero-order chi connectivity index (χ0) is 16.9. The van der Waals surface area contributed by atoms with Gasteiger partial charge in [0.15, 0.2) is 13.9 Å². The van der Waals surface area contributed by atoms with E-state index in [0.29, 0.717) is 5.02 Å². The van der Waals surface area contributed by atoms with Crippen LogP contribution >= 0.6 is 11.6 Å². The Balaban J connectivity index is 2.45. The molecular weight excluding hydrogens is 322 g/mol. The fraction of sp³-hybridized carbons (Fsp3) is 0.211. The quantitative estimate of drug-likeness (QED) is 0.661. The average Bonchev–Trinajstić information content (AvgIpc) is 2.53. The van der Waals surface area contributed by atoms with Crippen LogP contribution in [0.2, 0.25) is 24.7 Å². The minimum atomic E-state index is -1.94. The summed E-state index contributed by atoms with van der Waals surface area (Å²) in [4.78, 5) is 0. The van der Waals surface area contributed by atoms with Gasteiger partial charge in [-0.1, -0.05) is 60.1 Å². The van der Waals surface area contributed by atoms with Gasteiger partial charge in [-0.2, -0.15) is 5.26 Å². The van der Waals surface area contributed by atoms with Crippen LogP contribution in [0.15, 0.2) is 60.7 Å². The minimum absolute atomic E-state index is 0.690. The van der Waals surface area contributed by atoms with Gasteiger partial charge in [0.25, 0.3) is 0 Å². The van der Waals surface area contributed by atoms with Crippen LogP contribution in [0.3, 0.4) is 0 Å². The number of hydrogen-bond acceptors (Lipinski definition) is 2. The molecule has 0 fully saturated rings. The summed E-state index contributed by atoms with van der Waals surface area (Å²) in [7, 11) is -1.94. The van der Waals surface area contributed by atoms with Crippen LogP contribution in [0, 0.1) is 11.3 Å². The number of rotatable bonds is 5. The highest BCUT2D eigenvalue weighted by atomic mass is 35.5. The third kappa shape index (κ3) is 4.80. The van der Waals surface area contributed by atoms with Crippen LogP contribution in [-0.2, 0) is 10.0 Å². The fourth-order valence-electron chi connectivity index (χ4n) is 2.27. The van der Waals surface area contributed by atoms with Crippen molar-refractivity contribution in [3.05, 3.63) is 76.8 Å². The van der Waals surface area contributed by atoms with Gasteiger partial charge in [0, 0.05) is 10.6 Å². The Morgan fingerprint density at radius 1 is 1.04 bits per heavy atom. The van der Waals surface area contributed by atoms with Crippen molar-refractivity contribution in [2.45, 2.75) is 25.2 Å². The van der Waals surface area contributed by atoms with Crippen LogP contribution in [0.5, 0.6) is 0 Å². The summed E-state index contributed by atoms with van der Waals surface area (Å²) in [6.07, 6.45) is 3.75. The van der Waals surface area contributed by atoms with Crippen LogP contribution < -0.4 is 0 Å². The molecule has 0 bridgehead atoms. The van der Waals surface area contributed by atoms with Crippen molar-refractivity contribution in [2.24, 2.45) is 0 Å². The van der Waals surface area contributed by atoms with Gasteiger partial charge in [-0.15, -0.1) is 0 Å². The van der Waals surface area contributed by atoms with E-state index in [2.05, 4.69) is 25.7 Å². The SMILES string of the molecule is C[Si](C)(C)OC(C#N)(/C=C/c1ccc(Cl)cc1)c1ccccc1. The van der Waals surface area contributed by atoms with E-state index < -0.39 is 13.9 Å². The first-order valence-corrected chi connectivity index (χ1v) is 11.2. The van der Waals surface area contributed by atoms with E-state index in [1.807, 2.05) is 66.7 Å². The maximum atomic E-state index is 9.89. The lowest BCUT2D eigenvalue weighted by Gasteiger charge is -2.31. The molecule has 2 nitrogen and oxygen atoms in total. The highest BCUT2D eigenvalue weighted by molar-refractivity contribution is 6.69. The van der Waals surface area contributed by atoms with Crippen molar-refractivity contribution in [2.75, 3.05) is 0 Å². The first-order valence-electron chi connectivity index (χ1n) is 7.46. The number of halogens is 1. The molecule has 2 aromatic carbocycles. The van der Waals surface area contributed by atoms with E-state index in [1.165, 1.54) is 0 Å². The smallest absolute Gasteiger partial charge is 0.189 e. The molecule has 0 heterocycles. The summed E-state index contributed by atoms with van der Waals surface area (Å²) in [5.41, 5.74) is 0.741. The first kappa shape index (κ1) is 17.5. The predicted molar refractivity (Wildman–Crippen MR) is 98.7 cm³/mol. The molecule has 2 aromatic rings. The molecule has 0 amide bonds. The van der Waals surface area contributed by atoms with E-state index >= 15 is 0 Å². The Bertz CT molecular complexity index is 714. The van der Waals surface area contributed by atoms with Gasteiger partial charge < -0.3 is 4.43 Å². The standard InChI is InChI=1S/C19H20ClNOSi/c1-23(2,3)22-19(15-21,17-7-5-4-6-8-17)14-13-16-9-11-18(20)12-10-16/h4-14H,1-3H3/b14-13+. The third-order valence-corrected chi connectivity index (χ3v) is 4.40. The molecule has 0 aromatic heterocycles. The van der Waals surface area contributed by atoms with Crippen LogP contribution in [-0.4, -0.2) is 8.32 Å². The van der Waals surface area contributed by atoms with Crippen molar-refractivity contribution in [3.8, 4) is 6.07 Å². The first-order chi connectivity index (χ1) is 10.8. The maximum absolute atomic E-state index is 9.89. The van der Waals surface area contributed by atoms with E-state index in [-0.39, 0.29) is 0 Å². The largest absolute Gasteiger partial charge is 0.394 e. The zero-order valence-corrected chi connectivity index (χ0v) is 15.3. The van der Waals surface area contributed by atoms with Gasteiger partial charge in [-0.05, 0) is 43.4 Å². The van der Waals surface area contributed by atoms with Crippen molar-refractivity contribution in [1.29, 1.82) is 5.26 Å². The van der Waals surface area contributed by atoms with Crippen molar-refractivity contribution in [1.82, 2.24) is 0 Å². The zero-order valence-electron chi connectivity index (χ0n) is 13.6. The Hall–Kier alpha value is -1.86. The summed E-state index contributed by atoms with van der Waals surface area (Å²) in [6, 6.07) is 19.5. The molecule has 0 spiro atoms. The van der Waals surface area contributed by atoms with Gasteiger partial charge in [0.2, 0.25) is 0 Å². The highest BCUT2D eigenvalue weighted by Gasteiger charge is 2.35. The molecule has 0 saturated heterocycles. The molecule has 0 N–H and O–H groups in total. The molecule has 118 valence electrons. The normalized spacial score (nSPS) is 14.4. The molecule has 0 aliphatic heterocycles. The number of nitrogens with zero attached hydrogens (tertiary/aromatic N) is 1. The van der Waals surface area contributed by atoms with Gasteiger partial charge in [-0.25, -0.2) is 0 Å². The fourth-order valence-corrected chi connectivity index (χ4v) is 3.59. The summed E-state index contributed by atoms with van der Waals surface area (Å²) in [5.74, 6) is 0. The van der Waals surface area contributed by atoms with E-state index in [1.54, 1.807) is 0 Å². The number of hydrogen-bond donors (Lipinski definition) is 0. The monoisotopic (exact) mass is 341 g/mol. The summed E-state index contributed by atoms with van der Waals surface area (Å²) in [6.45, 7) is 6.24. The second-order valence-electron chi connectivity index (χ2n) is 6.31. The van der Waals surface area contributed by atoms with Crippen LogP contribution in [0.4, 0.5) is 0 Å². The van der Waals surface area contributed by atoms with Crippen LogP contribution in [0.1, 0.15) is 11.1 Å². The Labute approximate surface area is 144 Å². The molecule has 2 rings (SSSR count). The summed E-state index contributed by atoms with van der Waals surface area (Å²) >= 11 is 5.92. The third-order valence-electron chi connectivity index (χ3n) is 3.22. The molecule has 4 heteroatoms. The van der Waals surface area contributed by atoms with Gasteiger partial charge in [0.1, 0.15) is 6.07 Å². The molecule has 0 radical (unpaired) electrons. The second kappa shape index (κ2) is 7.14. The minimum Gasteiger partial charge on any atom is -0.394 e. The molecular formula is C19H20ClNOSi. The number of benzene rings is 2. The Morgan fingerprint density at radius 2 is 1.65 bits per heavy atom. The molecule has 0 saturated carbocycles. The lowest BCUT2D eigenvalue weighted by Crippen LogP contribution is -2.38. The molecule has 1 unspecified atom stereocenters. The maximum Gasteiger partial charge on any atom is 0.189 e. The molecule has 1 atom stereocenters. The Morgan fingerprint density at radius 3 is 2.17 bits per heavy atom. The van der Waals surface area contributed by atoms with Crippen molar-refractivity contribution < 1.29 is 4.43 Å². The number of nitriles is 1. The predicted octanol–water partition coefficient (Wildman–Crippen LogP) is 5.62. The van der Waals surface area contributed by atoms with Crippen LogP contribution in [0.25, 0.3) is 6.08 Å². The summed E-state index contributed by atoms with van der Waals surface area (Å²) < 4.78 is 6.27.